The summed E-state index contributed by atoms with van der Waals surface area (Å²) in [5.74, 6) is 1.11. The summed E-state index contributed by atoms with van der Waals surface area (Å²) < 4.78 is 0. The summed E-state index contributed by atoms with van der Waals surface area (Å²) in [4.78, 5) is 13.6. The van der Waals surface area contributed by atoms with Crippen molar-refractivity contribution in [2.75, 3.05) is 6.54 Å². The molecule has 0 heterocycles. The normalized spacial score (nSPS) is 27.4. The van der Waals surface area contributed by atoms with Crippen LogP contribution in [0, 0.1) is 53.3 Å². The highest BCUT2D eigenvalue weighted by atomic mass is 16.4. The lowest BCUT2D eigenvalue weighted by Gasteiger charge is -2.56. The average Bonchev–Trinajstić information content (AvgIpc) is 3.34. The smallest absolute Gasteiger partial charge is 0.310 e. The largest absolute Gasteiger partial charge is 0.508 e. The molecule has 0 unspecified atom stereocenters. The first-order chi connectivity index (χ1) is 31.8. The number of carbonyl (C=O) groups is 1. The Balaban J connectivity index is 1.08. The van der Waals surface area contributed by atoms with Gasteiger partial charge in [0.1, 0.15) is 5.75 Å². The third-order valence-corrected chi connectivity index (χ3v) is 16.5. The third kappa shape index (κ3) is 11.6. The zero-order valence-corrected chi connectivity index (χ0v) is 38.7. The van der Waals surface area contributed by atoms with Crippen molar-refractivity contribution in [1.82, 2.24) is 0 Å². The molecular formula is C60H75NO4. The quantitative estimate of drug-likeness (QED) is 0.0703. The van der Waals surface area contributed by atoms with Gasteiger partial charge < -0.3 is 21.1 Å². The molecule has 8 rings (SSSR count). The number of rotatable bonds is 19. The van der Waals surface area contributed by atoms with Crippen LogP contribution >= 0.6 is 0 Å². The van der Waals surface area contributed by atoms with Crippen LogP contribution in [-0.4, -0.2) is 27.8 Å². The van der Waals surface area contributed by atoms with Crippen LogP contribution in [0.5, 0.6) is 5.75 Å². The van der Waals surface area contributed by atoms with Gasteiger partial charge in [-0.05, 0) is 151 Å². The number of hydrogen-bond acceptors (Lipinski definition) is 4. The molecule has 65 heavy (non-hydrogen) atoms. The Kier molecular flexibility index (Phi) is 16.3. The van der Waals surface area contributed by atoms with Gasteiger partial charge in [-0.2, -0.15) is 0 Å². The van der Waals surface area contributed by atoms with Crippen molar-refractivity contribution < 1.29 is 20.1 Å². The predicted molar refractivity (Wildman–Crippen MR) is 265 cm³/mol. The summed E-state index contributed by atoms with van der Waals surface area (Å²) in [7, 11) is 0. The van der Waals surface area contributed by atoms with Gasteiger partial charge in [-0.1, -0.05) is 178 Å². The monoisotopic (exact) mass is 874 g/mol. The molecule has 9 atom stereocenters. The molecule has 4 aromatic carbocycles. The van der Waals surface area contributed by atoms with Crippen molar-refractivity contribution in [3.63, 3.8) is 0 Å². The van der Waals surface area contributed by atoms with Crippen molar-refractivity contribution in [2.24, 2.45) is 59.0 Å². The van der Waals surface area contributed by atoms with E-state index in [1.807, 2.05) is 36.4 Å². The van der Waals surface area contributed by atoms with E-state index in [4.69, 9.17) is 5.73 Å². The first kappa shape index (κ1) is 46.8. The highest BCUT2D eigenvalue weighted by Gasteiger charge is 2.55. The fraction of sp³-hybridized carbons (Fsp3) is 0.483. The minimum atomic E-state index is -0.728. The maximum atomic E-state index is 13.6. The van der Waals surface area contributed by atoms with Gasteiger partial charge in [-0.3, -0.25) is 4.79 Å². The lowest BCUT2D eigenvalue weighted by atomic mass is 9.48. The van der Waals surface area contributed by atoms with E-state index in [1.54, 1.807) is 0 Å². The lowest BCUT2D eigenvalue weighted by molar-refractivity contribution is -0.145. The summed E-state index contributed by atoms with van der Waals surface area (Å²) in [6.07, 6.45) is 33.2. The SMILES string of the molecule is NC[C@H]1C=C[C@H](C(=O)O)[C@@H]2[C@H]1[C@@H](C[C@@H](C/C=C\CCC1CCCCC1)CCc1cccc(CO)c1)C=C[C@H]2[C@@]1(c2ccccc2)CCC[C@H](Cc2ccc(Cc3ccccc3)c(O)c2)C1. The van der Waals surface area contributed by atoms with Crippen LogP contribution in [0.15, 0.2) is 140 Å². The van der Waals surface area contributed by atoms with Crippen molar-refractivity contribution in [3.8, 4) is 5.75 Å². The molecule has 0 amide bonds. The van der Waals surface area contributed by atoms with Gasteiger partial charge in [-0.15, -0.1) is 0 Å². The van der Waals surface area contributed by atoms with Crippen LogP contribution in [0.1, 0.15) is 123 Å². The molecule has 4 aromatic rings. The van der Waals surface area contributed by atoms with Gasteiger partial charge in [0.2, 0.25) is 0 Å². The van der Waals surface area contributed by atoms with Crippen LogP contribution in [0.4, 0.5) is 0 Å². The molecule has 0 radical (unpaired) electrons. The first-order valence-corrected chi connectivity index (χ1v) is 25.4. The molecule has 4 aliphatic carbocycles. The van der Waals surface area contributed by atoms with E-state index in [9.17, 15) is 20.1 Å². The van der Waals surface area contributed by atoms with Gasteiger partial charge in [0.25, 0.3) is 0 Å². The number of hydrogen-bond donors (Lipinski definition) is 4. The summed E-state index contributed by atoms with van der Waals surface area (Å²) in [6, 6.07) is 36.1. The minimum absolute atomic E-state index is 0.0371. The molecular weight excluding hydrogens is 799 g/mol. The number of aliphatic hydroxyl groups is 1. The number of aliphatic hydroxyl groups excluding tert-OH is 1. The Morgan fingerprint density at radius 1 is 0.738 bits per heavy atom. The zero-order valence-electron chi connectivity index (χ0n) is 38.7. The van der Waals surface area contributed by atoms with Gasteiger partial charge >= 0.3 is 5.97 Å². The number of phenolic OH excluding ortho intramolecular Hbond substituents is 1. The van der Waals surface area contributed by atoms with E-state index < -0.39 is 11.9 Å². The Bertz CT molecular complexity index is 2210. The summed E-state index contributed by atoms with van der Waals surface area (Å²) in [5, 5.41) is 32.3. The standard InChI is InChI=1S/C60H75NO4/c61-41-52-30-32-54(59(64)65)58-55(33-31-51(57(52)58)38-46(27-26-45-21-13-22-49(35-45)42-62)20-10-2-7-17-43-15-5-1-6-16-43)60(53-24-11-4-12-25-53)34-14-23-48(40-60)36-47-28-29-50(56(63)39-47)37-44-18-8-3-9-19-44/h2-4,8-13,18-19,21-22,24-25,28-33,35,39,43,46,48,51-52,54-55,57-58,62-63H,1,5-7,14-17,20,23,26-27,34,36-38,40-42,61H2,(H,64,65)/b10-2-/t46-,48+,51+,52+,54-,55+,57-,58-,60-/m0/s1. The Morgan fingerprint density at radius 3 is 2.23 bits per heavy atom. The fourth-order valence-electron chi connectivity index (χ4n) is 13.2. The van der Waals surface area contributed by atoms with E-state index in [0.717, 1.165) is 86.8 Å². The number of carboxylic acid groups (broad SMARTS) is 1. The lowest BCUT2D eigenvalue weighted by Crippen LogP contribution is -2.53. The molecule has 5 nitrogen and oxygen atoms in total. The Hall–Kier alpha value is -4.71. The van der Waals surface area contributed by atoms with Crippen molar-refractivity contribution >= 4 is 5.97 Å². The number of fused-ring (bicyclic) bond motifs is 1. The molecule has 0 bridgehead atoms. The molecule has 2 saturated carbocycles. The molecule has 344 valence electrons. The van der Waals surface area contributed by atoms with Gasteiger partial charge in [-0.25, -0.2) is 0 Å². The fourth-order valence-corrected chi connectivity index (χ4v) is 13.2. The zero-order chi connectivity index (χ0) is 45.0. The van der Waals surface area contributed by atoms with Crippen molar-refractivity contribution in [3.05, 3.63) is 173 Å². The van der Waals surface area contributed by atoms with Crippen LogP contribution in [-0.2, 0) is 36.1 Å². The highest BCUT2D eigenvalue weighted by molar-refractivity contribution is 5.73. The third-order valence-electron chi connectivity index (χ3n) is 16.5. The number of phenols is 1. The van der Waals surface area contributed by atoms with Gasteiger partial charge in [0, 0.05) is 11.8 Å². The molecule has 4 aliphatic rings. The summed E-state index contributed by atoms with van der Waals surface area (Å²) in [6.45, 7) is 0.555. The molecule has 0 aromatic heterocycles. The van der Waals surface area contributed by atoms with Crippen LogP contribution in [0.3, 0.4) is 0 Å². The topological polar surface area (TPSA) is 104 Å². The molecule has 5 heteroatoms. The number of aromatic hydroxyl groups is 1. The number of benzene rings is 4. The number of aliphatic carboxylic acids is 1. The minimum Gasteiger partial charge on any atom is -0.508 e. The summed E-state index contributed by atoms with van der Waals surface area (Å²) >= 11 is 0. The number of carboxylic acids is 1. The van der Waals surface area contributed by atoms with Crippen LogP contribution in [0.25, 0.3) is 0 Å². The maximum absolute atomic E-state index is 13.6. The predicted octanol–water partition coefficient (Wildman–Crippen LogP) is 13.0. The molecule has 0 saturated heterocycles. The second-order valence-corrected chi connectivity index (χ2v) is 20.6. The maximum Gasteiger partial charge on any atom is 0.310 e. The molecule has 5 N–H and O–H groups in total. The molecule has 0 aliphatic heterocycles. The molecule has 0 spiro atoms. The van der Waals surface area contributed by atoms with Gasteiger partial charge in [0.15, 0.2) is 0 Å². The second-order valence-electron chi connectivity index (χ2n) is 20.6. The van der Waals surface area contributed by atoms with E-state index >= 15 is 0 Å². The Morgan fingerprint density at radius 2 is 1.48 bits per heavy atom. The van der Waals surface area contributed by atoms with E-state index in [0.29, 0.717) is 30.6 Å². The van der Waals surface area contributed by atoms with Crippen molar-refractivity contribution in [2.45, 2.75) is 121 Å². The van der Waals surface area contributed by atoms with Crippen LogP contribution in [0.2, 0.25) is 0 Å². The average molecular weight is 874 g/mol. The number of allylic oxidation sites excluding steroid dienone is 4. The van der Waals surface area contributed by atoms with Crippen molar-refractivity contribution in [1.29, 1.82) is 0 Å². The Labute approximate surface area is 390 Å². The highest BCUT2D eigenvalue weighted by Crippen LogP contribution is 2.59. The number of nitrogens with two attached hydrogens (primary N) is 1. The van der Waals surface area contributed by atoms with E-state index in [1.165, 1.54) is 55.2 Å². The summed E-state index contributed by atoms with van der Waals surface area (Å²) in [5.41, 5.74) is 13.3. The number of aryl methyl sites for hydroxylation is 1. The van der Waals surface area contributed by atoms with Gasteiger partial charge in [0.05, 0.1) is 12.5 Å². The first-order valence-electron chi connectivity index (χ1n) is 25.4. The van der Waals surface area contributed by atoms with E-state index in [-0.39, 0.29) is 41.6 Å². The van der Waals surface area contributed by atoms with E-state index in [2.05, 4.69) is 103 Å². The molecule has 2 fully saturated rings. The second kappa shape index (κ2) is 22.7. The van der Waals surface area contributed by atoms with Crippen LogP contribution < -0.4 is 5.73 Å².